The van der Waals surface area contributed by atoms with Gasteiger partial charge in [-0.25, -0.2) is 9.97 Å². The van der Waals surface area contributed by atoms with Gasteiger partial charge in [0.1, 0.15) is 0 Å². The Balaban J connectivity index is 1.04. The Morgan fingerprint density at radius 3 is 1.78 bits per heavy atom. The molecule has 10 aromatic rings. The molecule has 0 saturated heterocycles. The maximum absolute atomic E-state index is 5.42. The molecule has 0 fully saturated rings. The van der Waals surface area contributed by atoms with Crippen LogP contribution in [0.4, 0.5) is 0 Å². The molecular formula is C46H29N5. The minimum absolute atomic E-state index is 0.192. The maximum atomic E-state index is 5.42. The Morgan fingerprint density at radius 2 is 1.02 bits per heavy atom. The Bertz CT molecular complexity index is 3070. The van der Waals surface area contributed by atoms with Crippen LogP contribution in [0.25, 0.3) is 98.8 Å². The molecule has 0 spiro atoms. The summed E-state index contributed by atoms with van der Waals surface area (Å²) in [7, 11) is 0. The van der Waals surface area contributed by atoms with E-state index in [0.29, 0.717) is 0 Å². The standard InChI is InChI=1S/C46H29N5/c1-46(2)38-16-8-7-14-32(38)37-23-36-31-13-6-5-12-30(31)35-22-27(25-49-42(35)44(36)51-45(37)46)26-17-19-39(48-24-26)40-20-18-34-29-11-4-3-10-28(29)33-15-9-21-47-41(33)43(34)50-40/h3-25H,1-2H3. The quantitative estimate of drug-likeness (QED) is 0.174. The van der Waals surface area contributed by atoms with Gasteiger partial charge in [0.05, 0.1) is 39.1 Å². The maximum Gasteiger partial charge on any atom is 0.0979 e. The lowest BCUT2D eigenvalue weighted by molar-refractivity contribution is 0.640. The van der Waals surface area contributed by atoms with Crippen molar-refractivity contribution in [2.75, 3.05) is 0 Å². The van der Waals surface area contributed by atoms with Gasteiger partial charge in [0.2, 0.25) is 0 Å². The van der Waals surface area contributed by atoms with E-state index >= 15 is 0 Å². The van der Waals surface area contributed by atoms with Gasteiger partial charge in [-0.05, 0) is 69.1 Å². The molecule has 0 radical (unpaired) electrons. The van der Waals surface area contributed by atoms with Crippen LogP contribution in [0, 0.1) is 0 Å². The van der Waals surface area contributed by atoms with Crippen LogP contribution >= 0.6 is 0 Å². The summed E-state index contributed by atoms with van der Waals surface area (Å²) in [6.07, 6.45) is 5.72. The highest BCUT2D eigenvalue weighted by atomic mass is 14.8. The number of fused-ring (bicyclic) bond motifs is 15. The van der Waals surface area contributed by atoms with Gasteiger partial charge in [-0.1, -0.05) is 98.8 Å². The molecule has 5 heterocycles. The summed E-state index contributed by atoms with van der Waals surface area (Å²) in [6.45, 7) is 4.55. The molecule has 0 bridgehead atoms. The molecule has 11 rings (SSSR count). The first-order chi connectivity index (χ1) is 25.0. The lowest BCUT2D eigenvalue weighted by Crippen LogP contribution is -2.16. The second-order valence-electron chi connectivity index (χ2n) is 14.1. The Labute approximate surface area is 293 Å². The van der Waals surface area contributed by atoms with Gasteiger partial charge in [0.25, 0.3) is 0 Å². The van der Waals surface area contributed by atoms with Crippen LogP contribution in [0.5, 0.6) is 0 Å². The predicted molar refractivity (Wildman–Crippen MR) is 209 cm³/mol. The second-order valence-corrected chi connectivity index (χ2v) is 14.1. The van der Waals surface area contributed by atoms with Crippen molar-refractivity contribution < 1.29 is 0 Å². The van der Waals surface area contributed by atoms with Gasteiger partial charge in [-0.15, -0.1) is 0 Å². The van der Waals surface area contributed by atoms with E-state index in [1.54, 1.807) is 0 Å². The third kappa shape index (κ3) is 3.94. The normalized spacial score (nSPS) is 13.5. The summed E-state index contributed by atoms with van der Waals surface area (Å²) in [5, 5.41) is 9.12. The molecule has 238 valence electrons. The molecule has 51 heavy (non-hydrogen) atoms. The highest BCUT2D eigenvalue weighted by Crippen LogP contribution is 2.49. The number of pyridine rings is 5. The first kappa shape index (κ1) is 28.3. The summed E-state index contributed by atoms with van der Waals surface area (Å²) in [5.74, 6) is 0. The van der Waals surface area contributed by atoms with Crippen molar-refractivity contribution >= 4 is 65.2 Å². The van der Waals surface area contributed by atoms with Crippen molar-refractivity contribution in [1.29, 1.82) is 0 Å². The average Bonchev–Trinajstić information content (AvgIpc) is 3.42. The van der Waals surface area contributed by atoms with Crippen molar-refractivity contribution in [3.8, 4) is 33.6 Å². The number of rotatable bonds is 2. The molecule has 5 aromatic heterocycles. The minimum Gasteiger partial charge on any atom is -0.254 e. The van der Waals surface area contributed by atoms with Crippen LogP contribution in [0.3, 0.4) is 0 Å². The Kier molecular flexibility index (Phi) is 5.66. The van der Waals surface area contributed by atoms with Gasteiger partial charge in [-0.2, -0.15) is 0 Å². The molecule has 1 aliphatic carbocycles. The largest absolute Gasteiger partial charge is 0.254 e. The van der Waals surface area contributed by atoms with Crippen molar-refractivity contribution in [3.63, 3.8) is 0 Å². The zero-order valence-electron chi connectivity index (χ0n) is 28.0. The van der Waals surface area contributed by atoms with E-state index in [0.717, 1.165) is 71.8 Å². The third-order valence-electron chi connectivity index (χ3n) is 10.9. The number of benzene rings is 5. The van der Waals surface area contributed by atoms with Gasteiger partial charge in [-0.3, -0.25) is 15.0 Å². The smallest absolute Gasteiger partial charge is 0.0979 e. The fourth-order valence-electron chi connectivity index (χ4n) is 8.42. The van der Waals surface area contributed by atoms with Crippen LogP contribution in [0.2, 0.25) is 0 Å². The fraction of sp³-hybridized carbons (Fsp3) is 0.0652. The topological polar surface area (TPSA) is 64.5 Å². The van der Waals surface area contributed by atoms with Crippen LogP contribution in [0.15, 0.2) is 140 Å². The highest BCUT2D eigenvalue weighted by Gasteiger charge is 2.37. The number of nitrogens with zero attached hydrogens (tertiary/aromatic N) is 5. The van der Waals surface area contributed by atoms with E-state index in [9.17, 15) is 0 Å². The van der Waals surface area contributed by atoms with Gasteiger partial charge < -0.3 is 0 Å². The molecule has 1 aliphatic rings. The lowest BCUT2D eigenvalue weighted by Gasteiger charge is -2.21. The van der Waals surface area contributed by atoms with Crippen molar-refractivity contribution in [3.05, 3.63) is 151 Å². The zero-order chi connectivity index (χ0) is 33.8. The van der Waals surface area contributed by atoms with Crippen LogP contribution in [0.1, 0.15) is 25.1 Å². The summed E-state index contributed by atoms with van der Waals surface area (Å²) in [4.78, 5) is 25.3. The van der Waals surface area contributed by atoms with Crippen LogP contribution in [-0.4, -0.2) is 24.9 Å². The molecule has 5 nitrogen and oxygen atoms in total. The monoisotopic (exact) mass is 651 g/mol. The predicted octanol–water partition coefficient (Wildman–Crippen LogP) is 11.2. The molecule has 0 amide bonds. The zero-order valence-corrected chi connectivity index (χ0v) is 28.0. The molecule has 0 atom stereocenters. The van der Waals surface area contributed by atoms with Crippen molar-refractivity contribution in [2.45, 2.75) is 19.3 Å². The summed E-state index contributed by atoms with van der Waals surface area (Å²) >= 11 is 0. The van der Waals surface area contributed by atoms with Crippen LogP contribution < -0.4 is 0 Å². The lowest BCUT2D eigenvalue weighted by atomic mass is 9.85. The van der Waals surface area contributed by atoms with E-state index in [1.807, 2.05) is 30.7 Å². The average molecular weight is 652 g/mol. The summed E-state index contributed by atoms with van der Waals surface area (Å²) in [5.41, 5.74) is 12.0. The Morgan fingerprint density at radius 1 is 0.412 bits per heavy atom. The van der Waals surface area contributed by atoms with Gasteiger partial charge in [0.15, 0.2) is 0 Å². The van der Waals surface area contributed by atoms with E-state index in [4.69, 9.17) is 24.9 Å². The minimum atomic E-state index is -0.192. The third-order valence-corrected chi connectivity index (χ3v) is 10.9. The van der Waals surface area contributed by atoms with Gasteiger partial charge in [0, 0.05) is 62.2 Å². The summed E-state index contributed by atoms with van der Waals surface area (Å²) < 4.78 is 0. The number of aromatic nitrogens is 5. The van der Waals surface area contributed by atoms with Crippen molar-refractivity contribution in [2.24, 2.45) is 0 Å². The van der Waals surface area contributed by atoms with E-state index < -0.39 is 0 Å². The Hall–Kier alpha value is -6.59. The van der Waals surface area contributed by atoms with Crippen LogP contribution in [-0.2, 0) is 5.41 Å². The first-order valence-electron chi connectivity index (χ1n) is 17.3. The number of hydrogen-bond donors (Lipinski definition) is 0. The van der Waals surface area contributed by atoms with Crippen molar-refractivity contribution in [1.82, 2.24) is 24.9 Å². The molecule has 0 N–H and O–H groups in total. The molecular weight excluding hydrogens is 623 g/mol. The van der Waals surface area contributed by atoms with E-state index in [1.165, 1.54) is 38.2 Å². The highest BCUT2D eigenvalue weighted by molar-refractivity contribution is 6.25. The molecule has 5 aromatic carbocycles. The summed E-state index contributed by atoms with van der Waals surface area (Å²) in [6, 6.07) is 42.9. The number of hydrogen-bond acceptors (Lipinski definition) is 5. The molecule has 0 unspecified atom stereocenters. The van der Waals surface area contributed by atoms with Gasteiger partial charge >= 0.3 is 0 Å². The SMILES string of the molecule is CC1(C)c2ccccc2-c2cc3c4ccccc4c4cc(-c5ccc(-c6ccc7c8ccccc8c8cccnc8c7n6)nc5)cnc4c3nc21. The fourth-order valence-corrected chi connectivity index (χ4v) is 8.42. The van der Waals surface area contributed by atoms with E-state index in [2.05, 4.69) is 123 Å². The van der Waals surface area contributed by atoms with E-state index in [-0.39, 0.29) is 5.41 Å². The molecule has 0 aliphatic heterocycles. The molecule has 0 saturated carbocycles. The first-order valence-corrected chi connectivity index (χ1v) is 17.3. The second kappa shape index (κ2) is 10.2. The molecule has 5 heteroatoms.